The number of carbonyl (C=O) groups excluding carboxylic acids is 1. The number of pyridine rings is 1. The van der Waals surface area contributed by atoms with Crippen LogP contribution >= 0.6 is 15.9 Å². The van der Waals surface area contributed by atoms with Gasteiger partial charge in [-0.3, -0.25) is 10.4 Å². The van der Waals surface area contributed by atoms with Gasteiger partial charge in [0, 0.05) is 18.9 Å². The van der Waals surface area contributed by atoms with Gasteiger partial charge in [0.25, 0.3) is 0 Å². The van der Waals surface area contributed by atoms with Gasteiger partial charge in [-0.2, -0.15) is 13.2 Å². The summed E-state index contributed by atoms with van der Waals surface area (Å²) in [5.41, 5.74) is -0.503. The highest BCUT2D eigenvalue weighted by Crippen LogP contribution is 2.27. The summed E-state index contributed by atoms with van der Waals surface area (Å²) in [6.07, 6.45) is -2.13. The number of carbonyl (C=O) groups is 1. The fourth-order valence-corrected chi connectivity index (χ4v) is 1.66. The molecule has 120 valence electrons. The molecule has 2 N–H and O–H groups in total. The molecule has 1 rings (SSSR count). The van der Waals surface area contributed by atoms with Gasteiger partial charge in [0.05, 0.1) is 6.61 Å². The molecule has 0 atom stereocenters. The molecule has 0 bridgehead atoms. The quantitative estimate of drug-likeness (QED) is 0.452. The van der Waals surface area contributed by atoms with E-state index in [1.807, 2.05) is 0 Å². The summed E-state index contributed by atoms with van der Waals surface area (Å²) < 4.78 is 41.7. The molecule has 0 radical (unpaired) electrons. The predicted molar refractivity (Wildman–Crippen MR) is 77.4 cm³/mol. The van der Waals surface area contributed by atoms with E-state index in [0.29, 0.717) is 5.56 Å². The molecule has 0 aromatic carbocycles. The van der Waals surface area contributed by atoms with Crippen LogP contribution in [0.15, 0.2) is 30.1 Å². The zero-order chi connectivity index (χ0) is 16.8. The van der Waals surface area contributed by atoms with Crippen LogP contribution in [0.2, 0.25) is 0 Å². The zero-order valence-electron chi connectivity index (χ0n) is 11.5. The Morgan fingerprint density at radius 2 is 2.18 bits per heavy atom. The minimum atomic E-state index is -4.48. The van der Waals surface area contributed by atoms with Gasteiger partial charge in [0.2, 0.25) is 0 Å². The monoisotopic (exact) mass is 379 g/mol. The molecule has 0 spiro atoms. The van der Waals surface area contributed by atoms with Crippen molar-refractivity contribution in [2.45, 2.75) is 19.6 Å². The lowest BCUT2D eigenvalue weighted by Gasteiger charge is -2.08. The number of alkyl halides is 3. The van der Waals surface area contributed by atoms with Crippen LogP contribution in [-0.2, 0) is 22.3 Å². The van der Waals surface area contributed by atoms with Crippen LogP contribution in [-0.4, -0.2) is 22.2 Å². The smallest absolute Gasteiger partial charge is 0.433 e. The standard InChI is InChI=1S/C13H13BrF3N3O2/c1-2-22-12(21)9(11(14)18)7-19-5-8-3-4-10(20-6-8)13(15,16)17/h3-4,6-7,18-19H,2,5H2,1H3/b9-7+,18-11?. The van der Waals surface area contributed by atoms with Crippen molar-refractivity contribution in [2.24, 2.45) is 0 Å². The maximum Gasteiger partial charge on any atom is 0.433 e. The first-order valence-electron chi connectivity index (χ1n) is 6.13. The Balaban J connectivity index is 2.70. The van der Waals surface area contributed by atoms with Crippen LogP contribution in [0.5, 0.6) is 0 Å². The summed E-state index contributed by atoms with van der Waals surface area (Å²) in [7, 11) is 0. The van der Waals surface area contributed by atoms with Crippen molar-refractivity contribution in [1.82, 2.24) is 10.3 Å². The van der Waals surface area contributed by atoms with Crippen LogP contribution in [0.25, 0.3) is 0 Å². The number of aromatic nitrogens is 1. The molecule has 1 heterocycles. The van der Waals surface area contributed by atoms with Gasteiger partial charge in [0.1, 0.15) is 15.9 Å². The highest BCUT2D eigenvalue weighted by molar-refractivity contribution is 9.18. The SMILES string of the molecule is CCOC(=O)/C(=C/NCc1ccc(C(F)(F)F)nc1)C(=N)Br. The number of nitrogens with one attached hydrogen (secondary N) is 2. The van der Waals surface area contributed by atoms with Gasteiger partial charge in [-0.25, -0.2) is 4.79 Å². The van der Waals surface area contributed by atoms with E-state index in [1.165, 1.54) is 12.3 Å². The maximum absolute atomic E-state index is 12.4. The van der Waals surface area contributed by atoms with E-state index >= 15 is 0 Å². The molecule has 0 fully saturated rings. The lowest BCUT2D eigenvalue weighted by Crippen LogP contribution is -2.16. The second-order valence-electron chi connectivity index (χ2n) is 4.02. The van der Waals surface area contributed by atoms with E-state index in [0.717, 1.165) is 12.3 Å². The van der Waals surface area contributed by atoms with Crippen molar-refractivity contribution in [3.05, 3.63) is 41.4 Å². The second-order valence-corrected chi connectivity index (χ2v) is 4.82. The highest BCUT2D eigenvalue weighted by atomic mass is 79.9. The molecule has 0 amide bonds. The van der Waals surface area contributed by atoms with Gasteiger partial charge >= 0.3 is 12.1 Å². The fraction of sp³-hybridized carbons (Fsp3) is 0.308. The van der Waals surface area contributed by atoms with E-state index in [2.05, 4.69) is 26.2 Å². The van der Waals surface area contributed by atoms with Crippen molar-refractivity contribution in [3.63, 3.8) is 0 Å². The second kappa shape index (κ2) is 7.92. The van der Waals surface area contributed by atoms with Crippen LogP contribution < -0.4 is 5.32 Å². The zero-order valence-corrected chi connectivity index (χ0v) is 13.1. The molecule has 5 nitrogen and oxygen atoms in total. The van der Waals surface area contributed by atoms with Crippen LogP contribution in [0, 0.1) is 5.41 Å². The summed E-state index contributed by atoms with van der Waals surface area (Å²) in [5, 5.41) is 10.1. The van der Waals surface area contributed by atoms with Crippen molar-refractivity contribution < 1.29 is 22.7 Å². The van der Waals surface area contributed by atoms with Crippen molar-refractivity contribution in [2.75, 3.05) is 6.61 Å². The topological polar surface area (TPSA) is 75.1 Å². The third kappa shape index (κ3) is 5.47. The number of esters is 1. The third-order valence-corrected chi connectivity index (χ3v) is 2.83. The van der Waals surface area contributed by atoms with Crippen molar-refractivity contribution in [1.29, 1.82) is 5.41 Å². The molecule has 1 aromatic rings. The summed E-state index contributed by atoms with van der Waals surface area (Å²) in [4.78, 5) is 14.9. The third-order valence-electron chi connectivity index (χ3n) is 2.40. The first-order valence-corrected chi connectivity index (χ1v) is 6.92. The lowest BCUT2D eigenvalue weighted by atomic mass is 10.2. The molecule has 0 aliphatic rings. The van der Waals surface area contributed by atoms with Gasteiger partial charge in [-0.05, 0) is 34.5 Å². The highest BCUT2D eigenvalue weighted by Gasteiger charge is 2.31. The largest absolute Gasteiger partial charge is 0.462 e. The minimum Gasteiger partial charge on any atom is -0.462 e. The van der Waals surface area contributed by atoms with Gasteiger partial charge in [0.15, 0.2) is 0 Å². The predicted octanol–water partition coefficient (Wildman–Crippen LogP) is 3.01. The molecular formula is C13H13BrF3N3O2. The molecule has 22 heavy (non-hydrogen) atoms. The van der Waals surface area contributed by atoms with E-state index in [1.54, 1.807) is 6.92 Å². The van der Waals surface area contributed by atoms with Crippen LogP contribution in [0.3, 0.4) is 0 Å². The van der Waals surface area contributed by atoms with E-state index in [9.17, 15) is 18.0 Å². The van der Waals surface area contributed by atoms with Crippen molar-refractivity contribution in [3.8, 4) is 0 Å². The number of halogens is 4. The molecule has 0 aliphatic heterocycles. The average molecular weight is 380 g/mol. The number of hydrogen-bond donors (Lipinski definition) is 2. The van der Waals surface area contributed by atoms with Crippen LogP contribution in [0.1, 0.15) is 18.2 Å². The summed E-state index contributed by atoms with van der Waals surface area (Å²) in [6.45, 7) is 1.95. The van der Waals surface area contributed by atoms with Crippen LogP contribution in [0.4, 0.5) is 13.2 Å². The van der Waals surface area contributed by atoms with E-state index in [-0.39, 0.29) is 23.3 Å². The molecule has 0 unspecified atom stereocenters. The van der Waals surface area contributed by atoms with Crippen molar-refractivity contribution >= 4 is 26.5 Å². The average Bonchev–Trinajstić information content (AvgIpc) is 2.43. The van der Waals surface area contributed by atoms with Gasteiger partial charge in [-0.15, -0.1) is 0 Å². The molecule has 0 aliphatic carbocycles. The maximum atomic E-state index is 12.4. The molecule has 0 saturated heterocycles. The Morgan fingerprint density at radius 3 is 2.64 bits per heavy atom. The first kappa shape index (κ1) is 18.1. The molecule has 9 heteroatoms. The Morgan fingerprint density at radius 1 is 1.50 bits per heavy atom. The normalized spacial score (nSPS) is 12.0. The number of hydrogen-bond acceptors (Lipinski definition) is 5. The van der Waals surface area contributed by atoms with E-state index in [4.69, 9.17) is 10.1 Å². The van der Waals surface area contributed by atoms with E-state index < -0.39 is 17.8 Å². The first-order chi connectivity index (χ1) is 10.3. The Bertz CT molecular complexity index is 571. The van der Waals surface area contributed by atoms with Gasteiger partial charge in [-0.1, -0.05) is 6.07 Å². The van der Waals surface area contributed by atoms with Gasteiger partial charge < -0.3 is 10.1 Å². The molecular weight excluding hydrogens is 367 g/mol. The number of ether oxygens (including phenoxy) is 1. The Hall–Kier alpha value is -1.90. The summed E-state index contributed by atoms with van der Waals surface area (Å²) in [6, 6.07) is 2.15. The molecule has 0 saturated carbocycles. The lowest BCUT2D eigenvalue weighted by molar-refractivity contribution is -0.141. The number of nitrogens with zero attached hydrogens (tertiary/aromatic N) is 1. The fourth-order valence-electron chi connectivity index (χ4n) is 1.39. The summed E-state index contributed by atoms with van der Waals surface area (Å²) in [5.74, 6) is -0.678. The number of rotatable bonds is 6. The Kier molecular flexibility index (Phi) is 6.54. The summed E-state index contributed by atoms with van der Waals surface area (Å²) >= 11 is 2.87. The minimum absolute atomic E-state index is 0.0262. The molecule has 1 aromatic heterocycles. The Labute approximate surface area is 133 Å².